The van der Waals surface area contributed by atoms with Gasteiger partial charge < -0.3 is 0 Å². The van der Waals surface area contributed by atoms with E-state index in [-0.39, 0.29) is 11.3 Å². The molecule has 2 heteroatoms. The van der Waals surface area contributed by atoms with Gasteiger partial charge in [0.25, 0.3) is 0 Å². The highest BCUT2D eigenvalue weighted by Crippen LogP contribution is 2.18. The second kappa shape index (κ2) is 5.79. The molecule has 2 aromatic carbocycles. The Balaban J connectivity index is 2.13. The van der Waals surface area contributed by atoms with Crippen LogP contribution < -0.4 is 0 Å². The van der Waals surface area contributed by atoms with Crippen molar-refractivity contribution in [3.63, 3.8) is 0 Å². The van der Waals surface area contributed by atoms with Gasteiger partial charge in [0.1, 0.15) is 5.82 Å². The number of carbonyl (C=O) groups is 1. The van der Waals surface area contributed by atoms with Crippen molar-refractivity contribution >= 4 is 5.78 Å². The molecule has 0 aromatic heterocycles. The fourth-order valence-electron chi connectivity index (χ4n) is 2.30. The Morgan fingerprint density at radius 3 is 2.42 bits per heavy atom. The van der Waals surface area contributed by atoms with Crippen LogP contribution in [-0.4, -0.2) is 5.78 Å². The maximum atomic E-state index is 13.9. The Kier molecular flexibility index (Phi) is 4.10. The van der Waals surface area contributed by atoms with Crippen LogP contribution in [0, 0.1) is 19.7 Å². The van der Waals surface area contributed by atoms with Crippen LogP contribution in [0.25, 0.3) is 0 Å². The minimum Gasteiger partial charge on any atom is -0.294 e. The normalized spacial score (nSPS) is 10.5. The van der Waals surface area contributed by atoms with Crippen LogP contribution in [0.15, 0.2) is 42.5 Å². The highest BCUT2D eigenvalue weighted by Gasteiger charge is 2.15. The maximum absolute atomic E-state index is 13.9. The first kappa shape index (κ1) is 13.5. The summed E-state index contributed by atoms with van der Waals surface area (Å²) in [5, 5.41) is 0. The third-order valence-corrected chi connectivity index (χ3v) is 3.19. The first-order valence-electron chi connectivity index (χ1n) is 6.42. The van der Waals surface area contributed by atoms with Crippen molar-refractivity contribution in [2.45, 2.75) is 26.7 Å². The first-order valence-corrected chi connectivity index (χ1v) is 6.42. The van der Waals surface area contributed by atoms with E-state index in [1.165, 1.54) is 6.07 Å². The van der Waals surface area contributed by atoms with Crippen molar-refractivity contribution in [2.24, 2.45) is 0 Å². The van der Waals surface area contributed by atoms with Crippen LogP contribution in [0.4, 0.5) is 4.39 Å². The van der Waals surface area contributed by atoms with E-state index < -0.39 is 5.82 Å². The summed E-state index contributed by atoms with van der Waals surface area (Å²) in [5.74, 6) is -0.533. The molecule has 0 atom stereocenters. The van der Waals surface area contributed by atoms with Gasteiger partial charge >= 0.3 is 0 Å². The van der Waals surface area contributed by atoms with E-state index >= 15 is 0 Å². The summed E-state index contributed by atoms with van der Waals surface area (Å²) in [6.45, 7) is 3.61. The molecule has 1 nitrogen and oxygen atoms in total. The van der Waals surface area contributed by atoms with E-state index in [0.29, 0.717) is 12.8 Å². The molecule has 0 fully saturated rings. The van der Waals surface area contributed by atoms with E-state index in [1.54, 1.807) is 6.92 Å². The molecular formula is C17H17FO. The van der Waals surface area contributed by atoms with Crippen LogP contribution in [0.2, 0.25) is 0 Å². The lowest BCUT2D eigenvalue weighted by Crippen LogP contribution is -2.07. The zero-order valence-electron chi connectivity index (χ0n) is 11.2. The van der Waals surface area contributed by atoms with Gasteiger partial charge in [-0.25, -0.2) is 4.39 Å². The SMILES string of the molecule is Cc1cc(C)c(C(=O)CCc2ccccc2)c(F)c1. The summed E-state index contributed by atoms with van der Waals surface area (Å²) < 4.78 is 13.9. The van der Waals surface area contributed by atoms with E-state index in [1.807, 2.05) is 43.3 Å². The van der Waals surface area contributed by atoms with Gasteiger partial charge in [-0.1, -0.05) is 36.4 Å². The lowest BCUT2D eigenvalue weighted by molar-refractivity contribution is 0.0978. The second-order valence-corrected chi connectivity index (χ2v) is 4.85. The zero-order chi connectivity index (χ0) is 13.8. The van der Waals surface area contributed by atoms with Crippen molar-refractivity contribution in [3.8, 4) is 0 Å². The summed E-state index contributed by atoms with van der Waals surface area (Å²) in [6, 6.07) is 13.0. The largest absolute Gasteiger partial charge is 0.294 e. The standard InChI is InChI=1S/C17H17FO/c1-12-10-13(2)17(15(18)11-12)16(19)9-8-14-6-4-3-5-7-14/h3-7,10-11H,8-9H2,1-2H3. The molecule has 0 radical (unpaired) electrons. The number of aryl methyl sites for hydroxylation is 3. The summed E-state index contributed by atoms with van der Waals surface area (Å²) >= 11 is 0. The third-order valence-electron chi connectivity index (χ3n) is 3.19. The second-order valence-electron chi connectivity index (χ2n) is 4.85. The zero-order valence-corrected chi connectivity index (χ0v) is 11.2. The van der Waals surface area contributed by atoms with Gasteiger partial charge in [-0.15, -0.1) is 0 Å². The quantitative estimate of drug-likeness (QED) is 0.747. The molecule has 0 N–H and O–H groups in total. The summed E-state index contributed by atoms with van der Waals surface area (Å²) in [6.07, 6.45) is 0.983. The third kappa shape index (κ3) is 3.28. The number of carbonyl (C=O) groups excluding carboxylic acids is 1. The molecule has 19 heavy (non-hydrogen) atoms. The van der Waals surface area contributed by atoms with Gasteiger partial charge in [-0.05, 0) is 43.0 Å². The Morgan fingerprint density at radius 2 is 1.79 bits per heavy atom. The Morgan fingerprint density at radius 1 is 1.11 bits per heavy atom. The molecule has 0 heterocycles. The highest BCUT2D eigenvalue weighted by atomic mass is 19.1. The molecule has 2 aromatic rings. The van der Waals surface area contributed by atoms with E-state index in [0.717, 1.165) is 16.7 Å². The Hall–Kier alpha value is -1.96. The summed E-state index contributed by atoms with van der Waals surface area (Å²) in [4.78, 5) is 12.1. The Bertz CT molecular complexity index is 564. The van der Waals surface area contributed by atoms with Crippen molar-refractivity contribution < 1.29 is 9.18 Å². The lowest BCUT2D eigenvalue weighted by Gasteiger charge is -2.08. The Labute approximate surface area is 113 Å². The molecule has 0 aliphatic carbocycles. The fraction of sp³-hybridized carbons (Fsp3) is 0.235. The van der Waals surface area contributed by atoms with Crippen LogP contribution in [0.5, 0.6) is 0 Å². The predicted molar refractivity (Wildman–Crippen MR) is 75.0 cm³/mol. The van der Waals surface area contributed by atoms with Crippen molar-refractivity contribution in [1.82, 2.24) is 0 Å². The topological polar surface area (TPSA) is 17.1 Å². The van der Waals surface area contributed by atoms with Gasteiger partial charge in [0.05, 0.1) is 5.56 Å². The number of Topliss-reactive ketones (excluding diaryl/α,β-unsaturated/α-hetero) is 1. The van der Waals surface area contributed by atoms with Gasteiger partial charge in [-0.2, -0.15) is 0 Å². The number of hydrogen-bond acceptors (Lipinski definition) is 1. The van der Waals surface area contributed by atoms with Crippen molar-refractivity contribution in [3.05, 3.63) is 70.5 Å². The maximum Gasteiger partial charge on any atom is 0.166 e. The smallest absolute Gasteiger partial charge is 0.166 e. The van der Waals surface area contributed by atoms with Gasteiger partial charge in [0.15, 0.2) is 5.78 Å². The molecule has 0 saturated carbocycles. The number of rotatable bonds is 4. The summed E-state index contributed by atoms with van der Waals surface area (Å²) in [5.41, 5.74) is 2.90. The molecule has 0 aliphatic rings. The molecule has 0 bridgehead atoms. The van der Waals surface area contributed by atoms with E-state index in [4.69, 9.17) is 0 Å². The van der Waals surface area contributed by atoms with Crippen LogP contribution >= 0.6 is 0 Å². The lowest BCUT2D eigenvalue weighted by atomic mass is 9.97. The number of ketones is 1. The molecular weight excluding hydrogens is 239 g/mol. The van der Waals surface area contributed by atoms with Gasteiger partial charge in [0, 0.05) is 6.42 Å². The first-order chi connectivity index (χ1) is 9.08. The highest BCUT2D eigenvalue weighted by molar-refractivity contribution is 5.97. The molecule has 2 rings (SSSR count). The number of hydrogen-bond donors (Lipinski definition) is 0. The molecule has 0 saturated heterocycles. The van der Waals surface area contributed by atoms with Gasteiger partial charge in [-0.3, -0.25) is 4.79 Å². The number of benzene rings is 2. The van der Waals surface area contributed by atoms with E-state index in [9.17, 15) is 9.18 Å². The predicted octanol–water partition coefficient (Wildman–Crippen LogP) is 4.26. The monoisotopic (exact) mass is 256 g/mol. The van der Waals surface area contributed by atoms with Crippen LogP contribution in [0.3, 0.4) is 0 Å². The molecule has 0 spiro atoms. The summed E-state index contributed by atoms with van der Waals surface area (Å²) in [7, 11) is 0. The average molecular weight is 256 g/mol. The molecule has 98 valence electrons. The van der Waals surface area contributed by atoms with E-state index in [2.05, 4.69) is 0 Å². The molecule has 0 amide bonds. The van der Waals surface area contributed by atoms with Gasteiger partial charge in [0.2, 0.25) is 0 Å². The number of halogens is 1. The molecule has 0 unspecified atom stereocenters. The van der Waals surface area contributed by atoms with Crippen LogP contribution in [-0.2, 0) is 6.42 Å². The average Bonchev–Trinajstić information content (AvgIpc) is 2.36. The minimum atomic E-state index is -0.407. The van der Waals surface area contributed by atoms with Crippen LogP contribution in [0.1, 0.15) is 33.5 Å². The minimum absolute atomic E-state index is 0.126. The van der Waals surface area contributed by atoms with Crippen molar-refractivity contribution in [2.75, 3.05) is 0 Å². The van der Waals surface area contributed by atoms with Crippen molar-refractivity contribution in [1.29, 1.82) is 0 Å². The fourth-order valence-corrected chi connectivity index (χ4v) is 2.30. The molecule has 0 aliphatic heterocycles.